The number of quaternary nitrogens is 2. The summed E-state index contributed by atoms with van der Waals surface area (Å²) < 4.78 is 10.9. The van der Waals surface area contributed by atoms with E-state index in [9.17, 15) is 0 Å². The number of ether oxygens (including phenoxy) is 2. The van der Waals surface area contributed by atoms with Gasteiger partial charge in [0.25, 0.3) is 0 Å². The van der Waals surface area contributed by atoms with Crippen LogP contribution in [0.2, 0.25) is 0 Å². The average Bonchev–Trinajstić information content (AvgIpc) is 2.62. The molecule has 1 heterocycles. The predicted octanol–water partition coefficient (Wildman–Crippen LogP) is 0.566. The highest BCUT2D eigenvalue weighted by molar-refractivity contribution is 5.40. The molecule has 2 fully saturated rings. The van der Waals surface area contributed by atoms with E-state index in [1.807, 2.05) is 17.0 Å². The Morgan fingerprint density at radius 1 is 1.04 bits per heavy atom. The Morgan fingerprint density at radius 3 is 2.50 bits per heavy atom. The van der Waals surface area contributed by atoms with Crippen molar-refractivity contribution in [2.45, 2.75) is 45.2 Å². The summed E-state index contributed by atoms with van der Waals surface area (Å²) in [5.74, 6) is 2.76. The molecule has 1 saturated carbocycles. The van der Waals surface area contributed by atoms with Gasteiger partial charge in [0.2, 0.25) is 0 Å². The van der Waals surface area contributed by atoms with Gasteiger partial charge < -0.3 is 19.3 Å². The van der Waals surface area contributed by atoms with Gasteiger partial charge in [0.15, 0.2) is 0 Å². The van der Waals surface area contributed by atoms with Crippen LogP contribution in [0.4, 0.5) is 0 Å². The van der Waals surface area contributed by atoms with Gasteiger partial charge in [0, 0.05) is 18.1 Å². The van der Waals surface area contributed by atoms with Crippen molar-refractivity contribution in [3.05, 3.63) is 23.8 Å². The van der Waals surface area contributed by atoms with Gasteiger partial charge in [-0.05, 0) is 30.9 Å². The summed E-state index contributed by atoms with van der Waals surface area (Å²) in [5.41, 5.74) is 1.29. The maximum Gasteiger partial charge on any atom is 0.131 e. The summed E-state index contributed by atoms with van der Waals surface area (Å²) in [6.45, 7) is 8.69. The highest BCUT2D eigenvalue weighted by Gasteiger charge is 2.32. The number of hydrogen-bond acceptors (Lipinski definition) is 2. The van der Waals surface area contributed by atoms with E-state index in [-0.39, 0.29) is 0 Å². The molecule has 0 spiro atoms. The molecule has 2 aliphatic rings. The van der Waals surface area contributed by atoms with E-state index < -0.39 is 0 Å². The second kappa shape index (κ2) is 8.21. The molecule has 1 aromatic carbocycles. The number of piperazine rings is 1. The third-order valence-corrected chi connectivity index (χ3v) is 6.05. The topological polar surface area (TPSA) is 27.3 Å². The van der Waals surface area contributed by atoms with Crippen LogP contribution in [0.3, 0.4) is 0 Å². The van der Waals surface area contributed by atoms with E-state index in [2.05, 4.69) is 13.0 Å². The molecule has 4 heteroatoms. The van der Waals surface area contributed by atoms with Crippen molar-refractivity contribution in [3.8, 4) is 11.5 Å². The van der Waals surface area contributed by atoms with Gasteiger partial charge in [-0.1, -0.05) is 13.3 Å². The Labute approximate surface area is 146 Å². The van der Waals surface area contributed by atoms with Crippen molar-refractivity contribution >= 4 is 0 Å². The van der Waals surface area contributed by atoms with Crippen LogP contribution in [0.15, 0.2) is 18.2 Å². The van der Waals surface area contributed by atoms with Crippen LogP contribution in [0.5, 0.6) is 11.5 Å². The molecule has 2 atom stereocenters. The van der Waals surface area contributed by atoms with Crippen LogP contribution in [0.25, 0.3) is 0 Å². The third-order valence-electron chi connectivity index (χ3n) is 6.05. The number of hydrogen-bond donors (Lipinski definition) is 2. The van der Waals surface area contributed by atoms with E-state index >= 15 is 0 Å². The Kier molecular flexibility index (Phi) is 6.01. The summed E-state index contributed by atoms with van der Waals surface area (Å²) in [7, 11) is 3.45. The molecule has 4 nitrogen and oxygen atoms in total. The first-order valence-electron chi connectivity index (χ1n) is 9.58. The van der Waals surface area contributed by atoms with Crippen molar-refractivity contribution < 1.29 is 19.3 Å². The van der Waals surface area contributed by atoms with Gasteiger partial charge in [-0.3, -0.25) is 0 Å². The maximum absolute atomic E-state index is 5.56. The molecule has 0 amide bonds. The van der Waals surface area contributed by atoms with E-state index in [0.29, 0.717) is 0 Å². The number of methoxy groups -OCH3 is 2. The molecular weight excluding hydrogens is 300 g/mol. The predicted molar refractivity (Wildman–Crippen MR) is 96.1 cm³/mol. The molecule has 0 aromatic heterocycles. The molecule has 2 N–H and O–H groups in total. The highest BCUT2D eigenvalue weighted by Crippen LogP contribution is 2.24. The molecule has 1 aromatic rings. The molecule has 24 heavy (non-hydrogen) atoms. The molecule has 0 radical (unpaired) electrons. The molecule has 134 valence electrons. The van der Waals surface area contributed by atoms with Crippen LogP contribution in [0.1, 0.15) is 38.2 Å². The number of benzene rings is 1. The van der Waals surface area contributed by atoms with Crippen LogP contribution in [-0.2, 0) is 6.54 Å². The average molecular weight is 335 g/mol. The monoisotopic (exact) mass is 334 g/mol. The fourth-order valence-electron chi connectivity index (χ4n) is 4.58. The van der Waals surface area contributed by atoms with Gasteiger partial charge in [0.1, 0.15) is 44.2 Å². The third kappa shape index (κ3) is 4.22. The lowest BCUT2D eigenvalue weighted by Gasteiger charge is -2.37. The molecular formula is C20H34N2O2+2. The highest BCUT2D eigenvalue weighted by atomic mass is 16.5. The largest absolute Gasteiger partial charge is 0.497 e. The second-order valence-electron chi connectivity index (χ2n) is 7.73. The van der Waals surface area contributed by atoms with Gasteiger partial charge >= 0.3 is 0 Å². The Balaban J connectivity index is 1.54. The Bertz CT molecular complexity index is 526. The fraction of sp³-hybridized carbons (Fsp3) is 0.700. The van der Waals surface area contributed by atoms with Gasteiger partial charge in [0.05, 0.1) is 20.3 Å². The Morgan fingerprint density at radius 2 is 1.83 bits per heavy atom. The van der Waals surface area contributed by atoms with Gasteiger partial charge in [-0.25, -0.2) is 0 Å². The number of rotatable bonds is 5. The summed E-state index contributed by atoms with van der Waals surface area (Å²) in [5, 5.41) is 0. The van der Waals surface area contributed by atoms with E-state index in [1.54, 1.807) is 19.1 Å². The second-order valence-corrected chi connectivity index (χ2v) is 7.73. The number of nitrogens with one attached hydrogen (secondary N) is 2. The molecule has 1 saturated heterocycles. The first kappa shape index (κ1) is 17.6. The maximum atomic E-state index is 5.56. The smallest absolute Gasteiger partial charge is 0.131 e. The fourth-order valence-corrected chi connectivity index (χ4v) is 4.58. The van der Waals surface area contributed by atoms with E-state index in [0.717, 1.165) is 30.0 Å². The summed E-state index contributed by atoms with van der Waals surface area (Å²) in [4.78, 5) is 3.55. The lowest BCUT2D eigenvalue weighted by atomic mass is 9.86. The molecule has 1 aliphatic heterocycles. The van der Waals surface area contributed by atoms with Crippen LogP contribution in [0, 0.1) is 5.92 Å². The summed E-state index contributed by atoms with van der Waals surface area (Å²) >= 11 is 0. The van der Waals surface area contributed by atoms with Gasteiger partial charge in [-0.15, -0.1) is 0 Å². The van der Waals surface area contributed by atoms with E-state index in [4.69, 9.17) is 9.47 Å². The molecule has 0 unspecified atom stereocenters. The zero-order valence-corrected chi connectivity index (χ0v) is 15.6. The SMILES string of the molecule is COc1ccc(C[NH+]2CC[NH+]([C@@H]3CCC[C@@H](C)C3)CC2)c(OC)c1. The van der Waals surface area contributed by atoms with Crippen molar-refractivity contribution in [1.82, 2.24) is 0 Å². The minimum atomic E-state index is 0.867. The van der Waals surface area contributed by atoms with E-state index in [1.165, 1.54) is 57.4 Å². The quantitative estimate of drug-likeness (QED) is 0.824. The minimum Gasteiger partial charge on any atom is -0.497 e. The van der Waals surface area contributed by atoms with Crippen LogP contribution >= 0.6 is 0 Å². The van der Waals surface area contributed by atoms with Crippen LogP contribution in [-0.4, -0.2) is 46.4 Å². The standard InChI is InChI=1S/C20H32N2O2/c1-16-5-4-6-18(13-16)22-11-9-21(10-12-22)15-17-7-8-19(23-2)14-20(17)24-3/h7-8,14,16,18H,4-6,9-13,15H2,1-3H3/p+2/t16-,18-/m1/s1. The molecule has 1 aliphatic carbocycles. The zero-order valence-electron chi connectivity index (χ0n) is 15.6. The minimum absolute atomic E-state index is 0.867. The first-order valence-corrected chi connectivity index (χ1v) is 9.58. The summed E-state index contributed by atoms with van der Waals surface area (Å²) in [6, 6.07) is 7.13. The van der Waals surface area contributed by atoms with Crippen molar-refractivity contribution in [3.63, 3.8) is 0 Å². The summed E-state index contributed by atoms with van der Waals surface area (Å²) in [6.07, 6.45) is 5.77. The lowest BCUT2D eigenvalue weighted by Crippen LogP contribution is -3.29. The lowest BCUT2D eigenvalue weighted by molar-refractivity contribution is -1.03. The van der Waals surface area contributed by atoms with Crippen molar-refractivity contribution in [2.24, 2.45) is 5.92 Å². The van der Waals surface area contributed by atoms with Crippen molar-refractivity contribution in [2.75, 3.05) is 40.4 Å². The normalized spacial score (nSPS) is 30.8. The van der Waals surface area contributed by atoms with Gasteiger partial charge in [-0.2, -0.15) is 0 Å². The first-order chi connectivity index (χ1) is 11.7. The van der Waals surface area contributed by atoms with Crippen molar-refractivity contribution in [1.29, 1.82) is 0 Å². The molecule has 3 rings (SSSR count). The van der Waals surface area contributed by atoms with Crippen LogP contribution < -0.4 is 19.3 Å². The molecule has 0 bridgehead atoms. The zero-order chi connectivity index (χ0) is 16.9. The Hall–Kier alpha value is -1.26.